The monoisotopic (exact) mass is 234 g/mol. The van der Waals surface area contributed by atoms with Crippen molar-refractivity contribution in [2.75, 3.05) is 18.0 Å². The van der Waals surface area contributed by atoms with E-state index in [9.17, 15) is 5.11 Å². The van der Waals surface area contributed by atoms with Crippen LogP contribution in [-0.2, 0) is 0 Å². The molecule has 1 saturated heterocycles. The zero-order valence-electron chi connectivity index (χ0n) is 9.56. The Balaban J connectivity index is 1.96. The molecule has 0 saturated carbocycles. The van der Waals surface area contributed by atoms with E-state index in [2.05, 4.69) is 25.4 Å². The molecule has 0 bridgehead atoms. The van der Waals surface area contributed by atoms with Gasteiger partial charge in [0.2, 0.25) is 0 Å². The fraction of sp³-hybridized carbons (Fsp3) is 0.600. The third-order valence-electron chi connectivity index (χ3n) is 3.27. The molecule has 0 aromatic carbocycles. The zero-order chi connectivity index (χ0) is 11.8. The molecule has 1 aliphatic heterocycles. The van der Waals surface area contributed by atoms with Crippen LogP contribution in [0.3, 0.4) is 0 Å². The van der Waals surface area contributed by atoms with Crippen molar-refractivity contribution in [1.29, 1.82) is 0 Å². The third kappa shape index (κ3) is 1.72. The van der Waals surface area contributed by atoms with Crippen LogP contribution in [0.2, 0.25) is 0 Å². The molecule has 2 atom stereocenters. The molecular weight excluding hydrogens is 220 g/mol. The van der Waals surface area contributed by atoms with E-state index in [1.807, 2.05) is 6.92 Å². The van der Waals surface area contributed by atoms with Gasteiger partial charge in [-0.1, -0.05) is 6.92 Å². The second-order valence-corrected chi connectivity index (χ2v) is 4.49. The molecule has 2 unspecified atom stereocenters. The van der Waals surface area contributed by atoms with Gasteiger partial charge in [0, 0.05) is 13.1 Å². The van der Waals surface area contributed by atoms with Gasteiger partial charge in [0.25, 0.3) is 0 Å². The molecule has 1 N–H and O–H groups in total. The number of hydrogen-bond acceptors (Lipinski definition) is 6. The fourth-order valence-electron chi connectivity index (χ4n) is 2.22. The molecule has 7 heteroatoms. The SMILES string of the molecule is CC1CN(c2cncc3nnnn23)CCC1O. The Morgan fingerprint density at radius 3 is 3.12 bits per heavy atom. The molecule has 0 aliphatic carbocycles. The van der Waals surface area contributed by atoms with Crippen molar-refractivity contribution in [3.8, 4) is 0 Å². The average molecular weight is 234 g/mol. The summed E-state index contributed by atoms with van der Waals surface area (Å²) in [5.41, 5.74) is 0.640. The van der Waals surface area contributed by atoms with Gasteiger partial charge in [0.05, 0.1) is 18.5 Å². The van der Waals surface area contributed by atoms with Crippen LogP contribution in [0.15, 0.2) is 12.4 Å². The van der Waals surface area contributed by atoms with Crippen molar-refractivity contribution >= 4 is 11.5 Å². The quantitative estimate of drug-likeness (QED) is 0.731. The number of rotatable bonds is 1. The van der Waals surface area contributed by atoms with Gasteiger partial charge >= 0.3 is 0 Å². The second kappa shape index (κ2) is 3.92. The predicted molar refractivity (Wildman–Crippen MR) is 60.6 cm³/mol. The smallest absolute Gasteiger partial charge is 0.199 e. The first-order valence-corrected chi connectivity index (χ1v) is 5.71. The van der Waals surface area contributed by atoms with E-state index in [0.29, 0.717) is 5.65 Å². The molecule has 1 fully saturated rings. The van der Waals surface area contributed by atoms with Crippen LogP contribution < -0.4 is 4.90 Å². The molecule has 7 nitrogen and oxygen atoms in total. The van der Waals surface area contributed by atoms with Gasteiger partial charge in [-0.2, -0.15) is 4.52 Å². The number of aromatic nitrogens is 5. The Morgan fingerprint density at radius 2 is 2.29 bits per heavy atom. The Hall–Kier alpha value is -1.76. The van der Waals surface area contributed by atoms with Gasteiger partial charge in [-0.25, -0.2) is 0 Å². The molecule has 17 heavy (non-hydrogen) atoms. The lowest BCUT2D eigenvalue weighted by Crippen LogP contribution is -2.42. The highest BCUT2D eigenvalue weighted by molar-refractivity contribution is 5.46. The minimum Gasteiger partial charge on any atom is -0.393 e. The highest BCUT2D eigenvalue weighted by atomic mass is 16.3. The maximum atomic E-state index is 9.73. The lowest BCUT2D eigenvalue weighted by molar-refractivity contribution is 0.0967. The van der Waals surface area contributed by atoms with Crippen LogP contribution in [0.25, 0.3) is 5.65 Å². The summed E-state index contributed by atoms with van der Waals surface area (Å²) < 4.78 is 1.68. The van der Waals surface area contributed by atoms with Crippen LogP contribution in [0.1, 0.15) is 13.3 Å². The Bertz CT molecular complexity index is 526. The number of aliphatic hydroxyl groups is 1. The first-order valence-electron chi connectivity index (χ1n) is 5.71. The number of aliphatic hydroxyl groups excluding tert-OH is 1. The standard InChI is InChI=1S/C10H14N6O/c1-7-6-15(3-2-8(7)17)10-5-11-4-9-12-13-14-16(9)10/h4-5,7-8,17H,2-3,6H2,1H3. The van der Waals surface area contributed by atoms with Crippen molar-refractivity contribution in [3.05, 3.63) is 12.4 Å². The van der Waals surface area contributed by atoms with E-state index >= 15 is 0 Å². The van der Waals surface area contributed by atoms with Crippen molar-refractivity contribution in [2.24, 2.45) is 5.92 Å². The van der Waals surface area contributed by atoms with E-state index < -0.39 is 0 Å². The van der Waals surface area contributed by atoms with Crippen LogP contribution in [-0.4, -0.2) is 49.3 Å². The molecular formula is C10H14N6O. The van der Waals surface area contributed by atoms with Crippen LogP contribution in [0.5, 0.6) is 0 Å². The first-order chi connectivity index (χ1) is 8.25. The molecule has 1 aliphatic rings. The second-order valence-electron chi connectivity index (χ2n) is 4.49. The lowest BCUT2D eigenvalue weighted by atomic mass is 9.97. The van der Waals surface area contributed by atoms with E-state index in [0.717, 1.165) is 25.3 Å². The maximum Gasteiger partial charge on any atom is 0.199 e. The summed E-state index contributed by atoms with van der Waals surface area (Å²) in [6, 6.07) is 0. The minimum atomic E-state index is -0.215. The van der Waals surface area contributed by atoms with E-state index in [4.69, 9.17) is 0 Å². The molecule has 0 radical (unpaired) electrons. The topological polar surface area (TPSA) is 79.4 Å². The van der Waals surface area contributed by atoms with E-state index in [1.54, 1.807) is 16.9 Å². The first kappa shape index (κ1) is 10.4. The van der Waals surface area contributed by atoms with E-state index in [-0.39, 0.29) is 12.0 Å². The summed E-state index contributed by atoms with van der Waals surface area (Å²) in [6.45, 7) is 3.64. The molecule has 0 spiro atoms. The number of piperidine rings is 1. The molecule has 3 heterocycles. The highest BCUT2D eigenvalue weighted by Crippen LogP contribution is 2.22. The fourth-order valence-corrected chi connectivity index (χ4v) is 2.22. The molecule has 90 valence electrons. The maximum absolute atomic E-state index is 9.73. The predicted octanol–water partition coefficient (Wildman–Crippen LogP) is -0.274. The van der Waals surface area contributed by atoms with Crippen LogP contribution in [0.4, 0.5) is 5.82 Å². The van der Waals surface area contributed by atoms with Crippen LogP contribution >= 0.6 is 0 Å². The highest BCUT2D eigenvalue weighted by Gasteiger charge is 2.25. The number of anilines is 1. The summed E-state index contributed by atoms with van der Waals surface area (Å²) in [5.74, 6) is 1.13. The van der Waals surface area contributed by atoms with Crippen LogP contribution in [0, 0.1) is 5.92 Å². The molecule has 3 rings (SSSR count). The molecule has 0 amide bonds. The van der Waals surface area contributed by atoms with Gasteiger partial charge in [-0.15, -0.1) is 5.10 Å². The number of tetrazole rings is 1. The largest absolute Gasteiger partial charge is 0.393 e. The van der Waals surface area contributed by atoms with Gasteiger partial charge in [0.1, 0.15) is 0 Å². The van der Waals surface area contributed by atoms with Gasteiger partial charge in [0.15, 0.2) is 11.5 Å². The number of nitrogens with zero attached hydrogens (tertiary/aromatic N) is 6. The van der Waals surface area contributed by atoms with Crippen molar-refractivity contribution in [1.82, 2.24) is 25.0 Å². The normalized spacial score (nSPS) is 25.4. The Kier molecular flexibility index (Phi) is 2.40. The number of hydrogen-bond donors (Lipinski definition) is 1. The Labute approximate surface area is 98.1 Å². The number of fused-ring (bicyclic) bond motifs is 1. The van der Waals surface area contributed by atoms with Gasteiger partial charge < -0.3 is 10.0 Å². The summed E-state index contributed by atoms with van der Waals surface area (Å²) >= 11 is 0. The lowest BCUT2D eigenvalue weighted by Gasteiger charge is -2.35. The third-order valence-corrected chi connectivity index (χ3v) is 3.27. The van der Waals surface area contributed by atoms with E-state index in [1.165, 1.54) is 0 Å². The van der Waals surface area contributed by atoms with Crippen molar-refractivity contribution in [3.63, 3.8) is 0 Å². The van der Waals surface area contributed by atoms with Crippen molar-refractivity contribution in [2.45, 2.75) is 19.4 Å². The summed E-state index contributed by atoms with van der Waals surface area (Å²) in [4.78, 5) is 6.30. The molecule has 2 aromatic rings. The summed E-state index contributed by atoms with van der Waals surface area (Å²) in [5, 5.41) is 21.2. The van der Waals surface area contributed by atoms with Gasteiger partial charge in [-0.05, 0) is 22.8 Å². The summed E-state index contributed by atoms with van der Waals surface area (Å²) in [7, 11) is 0. The van der Waals surface area contributed by atoms with Gasteiger partial charge in [-0.3, -0.25) is 4.98 Å². The zero-order valence-corrected chi connectivity index (χ0v) is 9.56. The summed E-state index contributed by atoms with van der Waals surface area (Å²) in [6.07, 6.45) is 3.94. The molecule has 2 aromatic heterocycles. The average Bonchev–Trinajstić information content (AvgIpc) is 2.80. The van der Waals surface area contributed by atoms with Crippen molar-refractivity contribution < 1.29 is 5.11 Å². The Morgan fingerprint density at radius 1 is 1.41 bits per heavy atom. The minimum absolute atomic E-state index is 0.215.